The number of nitrogens with zero attached hydrogens (tertiary/aromatic N) is 1. The van der Waals surface area contributed by atoms with Crippen LogP contribution in [0.15, 0.2) is 22.8 Å². The third-order valence-electron chi connectivity index (χ3n) is 3.98. The first-order valence-electron chi connectivity index (χ1n) is 5.35. The molecule has 0 aromatic rings. The van der Waals surface area contributed by atoms with Gasteiger partial charge in [-0.2, -0.15) is 0 Å². The van der Waals surface area contributed by atoms with Gasteiger partial charge in [-0.3, -0.25) is 0 Å². The molecule has 0 aromatic heterocycles. The van der Waals surface area contributed by atoms with Gasteiger partial charge in [0.1, 0.15) is 5.92 Å². The lowest BCUT2D eigenvalue weighted by atomic mass is 9.73. The smallest absolute Gasteiger partial charge is 0.0833 e. The molecule has 74 valence electrons. The minimum atomic E-state index is 0.189. The predicted molar refractivity (Wildman–Crippen MR) is 60.5 cm³/mol. The Hall–Kier alpha value is -1.03. The molecule has 1 nitrogen and oxygen atoms in total. The summed E-state index contributed by atoms with van der Waals surface area (Å²) in [5, 5.41) is 0. The van der Waals surface area contributed by atoms with Gasteiger partial charge in [-0.15, -0.1) is 0 Å². The molecule has 0 amide bonds. The summed E-state index contributed by atoms with van der Waals surface area (Å²) < 4.78 is 0. The molecular formula is C13H18N+. The van der Waals surface area contributed by atoms with Crippen LogP contribution in [0.4, 0.5) is 0 Å². The summed E-state index contributed by atoms with van der Waals surface area (Å²) in [6, 6.07) is 3.26. The Labute approximate surface area is 86.3 Å². The first kappa shape index (κ1) is 9.52. The molecule has 0 saturated heterocycles. The minimum Gasteiger partial charge on any atom is -0.0833 e. The van der Waals surface area contributed by atoms with E-state index >= 15 is 0 Å². The lowest BCUT2D eigenvalue weighted by Crippen LogP contribution is -2.23. The van der Waals surface area contributed by atoms with E-state index in [2.05, 4.69) is 44.7 Å². The number of hydrogen-bond acceptors (Lipinski definition) is 0. The van der Waals surface area contributed by atoms with Crippen LogP contribution in [0.2, 0.25) is 0 Å². The number of allylic oxidation sites excluding steroid dienone is 4. The maximum absolute atomic E-state index is 4.24. The van der Waals surface area contributed by atoms with Crippen molar-refractivity contribution in [3.05, 3.63) is 27.6 Å². The van der Waals surface area contributed by atoms with E-state index in [1.165, 1.54) is 16.7 Å². The molecule has 0 aromatic carbocycles. The third kappa shape index (κ3) is 1.14. The lowest BCUT2D eigenvalue weighted by molar-refractivity contribution is 0.382. The van der Waals surface area contributed by atoms with Gasteiger partial charge in [-0.25, -0.2) is 0 Å². The Morgan fingerprint density at radius 1 is 1.43 bits per heavy atom. The van der Waals surface area contributed by atoms with E-state index in [0.29, 0.717) is 5.92 Å². The molecule has 0 fully saturated rings. The summed E-state index contributed by atoms with van der Waals surface area (Å²) in [4.78, 5) is 4.24. The van der Waals surface area contributed by atoms with Crippen LogP contribution in [-0.2, 0) is 0 Å². The summed E-state index contributed by atoms with van der Waals surface area (Å²) in [6.07, 6.45) is 3.56. The van der Waals surface area contributed by atoms with E-state index in [9.17, 15) is 0 Å². The summed E-state index contributed by atoms with van der Waals surface area (Å²) in [5.74, 6) is 0.495. The van der Waals surface area contributed by atoms with Gasteiger partial charge in [-0.1, -0.05) is 29.0 Å². The lowest BCUT2D eigenvalue weighted by Gasteiger charge is -2.26. The average molecular weight is 188 g/mol. The van der Waals surface area contributed by atoms with Gasteiger partial charge in [-0.05, 0) is 26.3 Å². The van der Waals surface area contributed by atoms with Crippen LogP contribution < -0.4 is 0 Å². The van der Waals surface area contributed by atoms with Crippen LogP contribution in [0.5, 0.6) is 0 Å². The predicted octanol–water partition coefficient (Wildman–Crippen LogP) is 3.64. The molecule has 1 aliphatic carbocycles. The highest BCUT2D eigenvalue weighted by Gasteiger charge is 2.42. The first-order valence-corrected chi connectivity index (χ1v) is 5.35. The van der Waals surface area contributed by atoms with E-state index < -0.39 is 0 Å². The average Bonchev–Trinajstić information content (AvgIpc) is 2.73. The standard InChI is InChI=1S/C13H18N/c1-9-7-13(4,11(3)10(9)2)12-5-6-14-8-12/h7,12H,5-6H2,1-4H3/q+1. The fourth-order valence-electron chi connectivity index (χ4n) is 2.59. The van der Waals surface area contributed by atoms with Crippen molar-refractivity contribution in [3.8, 4) is 6.07 Å². The van der Waals surface area contributed by atoms with Crippen molar-refractivity contribution >= 4 is 0 Å². The van der Waals surface area contributed by atoms with E-state index in [1.54, 1.807) is 0 Å². The van der Waals surface area contributed by atoms with Gasteiger partial charge in [0, 0.05) is 11.8 Å². The Morgan fingerprint density at radius 2 is 2.14 bits per heavy atom. The Morgan fingerprint density at radius 3 is 2.57 bits per heavy atom. The molecule has 0 spiro atoms. The van der Waals surface area contributed by atoms with Gasteiger partial charge in [0.15, 0.2) is 0 Å². The molecule has 1 heterocycles. The van der Waals surface area contributed by atoms with E-state index in [4.69, 9.17) is 0 Å². The van der Waals surface area contributed by atoms with Crippen molar-refractivity contribution in [2.24, 2.45) is 11.3 Å². The Balaban J connectivity index is 2.40. The molecule has 0 radical (unpaired) electrons. The maximum atomic E-state index is 4.24. The normalized spacial score (nSPS) is 35.7. The summed E-state index contributed by atoms with van der Waals surface area (Å²) in [6.45, 7) is 9.96. The topological polar surface area (TPSA) is 4.36 Å². The summed E-state index contributed by atoms with van der Waals surface area (Å²) in [5.41, 5.74) is 4.58. The third-order valence-corrected chi connectivity index (χ3v) is 3.98. The Kier molecular flexibility index (Phi) is 2.03. The van der Waals surface area contributed by atoms with Crippen LogP contribution in [-0.4, -0.2) is 6.54 Å². The van der Waals surface area contributed by atoms with Crippen LogP contribution in [0.1, 0.15) is 34.1 Å². The van der Waals surface area contributed by atoms with Crippen molar-refractivity contribution in [1.29, 1.82) is 0 Å². The van der Waals surface area contributed by atoms with Crippen molar-refractivity contribution in [2.75, 3.05) is 6.54 Å². The number of rotatable bonds is 1. The molecule has 2 atom stereocenters. The molecule has 2 unspecified atom stereocenters. The SMILES string of the molecule is CC1=CC(C)(C2C#[N+]CC2)C(C)=C1C. The largest absolute Gasteiger partial charge is 0.277 e. The molecule has 2 aliphatic rings. The molecule has 1 aliphatic heterocycles. The first-order chi connectivity index (χ1) is 6.55. The molecule has 0 saturated carbocycles. The molecular weight excluding hydrogens is 170 g/mol. The van der Waals surface area contributed by atoms with Crippen LogP contribution in [0.25, 0.3) is 4.85 Å². The fourth-order valence-corrected chi connectivity index (χ4v) is 2.59. The maximum Gasteiger partial charge on any atom is 0.277 e. The zero-order valence-electron chi connectivity index (χ0n) is 9.52. The quantitative estimate of drug-likeness (QED) is 0.591. The van der Waals surface area contributed by atoms with Crippen molar-refractivity contribution in [3.63, 3.8) is 0 Å². The Bertz CT molecular complexity index is 389. The molecule has 0 bridgehead atoms. The van der Waals surface area contributed by atoms with Crippen LogP contribution >= 0.6 is 0 Å². The van der Waals surface area contributed by atoms with Gasteiger partial charge in [0.25, 0.3) is 12.6 Å². The van der Waals surface area contributed by atoms with Crippen molar-refractivity contribution in [2.45, 2.75) is 34.1 Å². The van der Waals surface area contributed by atoms with Crippen molar-refractivity contribution in [1.82, 2.24) is 0 Å². The minimum absolute atomic E-state index is 0.189. The molecule has 0 N–H and O–H groups in total. The molecule has 14 heavy (non-hydrogen) atoms. The zero-order valence-corrected chi connectivity index (χ0v) is 9.52. The highest BCUT2D eigenvalue weighted by atomic mass is 14.7. The number of hydrogen-bond donors (Lipinski definition) is 0. The van der Waals surface area contributed by atoms with Crippen LogP contribution in [0.3, 0.4) is 0 Å². The summed E-state index contributed by atoms with van der Waals surface area (Å²) in [7, 11) is 0. The van der Waals surface area contributed by atoms with Gasteiger partial charge < -0.3 is 0 Å². The second-order valence-corrected chi connectivity index (χ2v) is 4.71. The van der Waals surface area contributed by atoms with Gasteiger partial charge >= 0.3 is 0 Å². The van der Waals surface area contributed by atoms with Crippen molar-refractivity contribution < 1.29 is 0 Å². The fraction of sp³-hybridized carbons (Fsp3) is 0.615. The highest BCUT2D eigenvalue weighted by Crippen LogP contribution is 2.47. The monoisotopic (exact) mass is 188 g/mol. The molecule has 1 heteroatoms. The summed E-state index contributed by atoms with van der Waals surface area (Å²) >= 11 is 0. The van der Waals surface area contributed by atoms with Gasteiger partial charge in [0.05, 0.1) is 0 Å². The second-order valence-electron chi connectivity index (χ2n) is 4.71. The van der Waals surface area contributed by atoms with Gasteiger partial charge in [0.2, 0.25) is 0 Å². The zero-order chi connectivity index (χ0) is 10.3. The van der Waals surface area contributed by atoms with E-state index in [0.717, 1.165) is 13.0 Å². The van der Waals surface area contributed by atoms with Crippen LogP contribution in [0, 0.1) is 17.4 Å². The second kappa shape index (κ2) is 2.98. The molecule has 2 rings (SSSR count). The van der Waals surface area contributed by atoms with E-state index in [-0.39, 0.29) is 5.41 Å². The van der Waals surface area contributed by atoms with E-state index in [1.807, 2.05) is 0 Å². The highest BCUT2D eigenvalue weighted by molar-refractivity contribution is 5.47.